The maximum absolute atomic E-state index is 12.9. The fourth-order valence-corrected chi connectivity index (χ4v) is 3.14. The van der Waals surface area contributed by atoms with E-state index in [9.17, 15) is 9.59 Å². The van der Waals surface area contributed by atoms with E-state index < -0.39 is 18.0 Å². The summed E-state index contributed by atoms with van der Waals surface area (Å²) in [6.45, 7) is 4.06. The molecule has 0 unspecified atom stereocenters. The Labute approximate surface area is 151 Å². The topological polar surface area (TPSA) is 91.8 Å². The van der Waals surface area contributed by atoms with Gasteiger partial charge in [0.1, 0.15) is 5.76 Å². The first kappa shape index (κ1) is 17.9. The van der Waals surface area contributed by atoms with Crippen LogP contribution >= 0.6 is 0 Å². The van der Waals surface area contributed by atoms with E-state index in [4.69, 9.17) is 19.6 Å². The van der Waals surface area contributed by atoms with E-state index in [1.165, 1.54) is 6.26 Å². The van der Waals surface area contributed by atoms with Crippen LogP contribution in [0.1, 0.15) is 41.4 Å². The molecule has 6 heteroatoms. The van der Waals surface area contributed by atoms with Gasteiger partial charge >= 0.3 is 5.97 Å². The first-order valence-corrected chi connectivity index (χ1v) is 8.48. The van der Waals surface area contributed by atoms with E-state index in [0.29, 0.717) is 17.9 Å². The number of hydrogen-bond donors (Lipinski definition) is 1. The Bertz CT molecular complexity index is 820. The minimum Gasteiger partial charge on any atom is -0.485 e. The van der Waals surface area contributed by atoms with E-state index in [-0.39, 0.29) is 18.2 Å². The number of rotatable bonds is 6. The molecule has 0 aliphatic carbocycles. The van der Waals surface area contributed by atoms with Gasteiger partial charge in [-0.15, -0.1) is 0 Å². The van der Waals surface area contributed by atoms with Crippen LogP contribution in [0.3, 0.4) is 0 Å². The molecule has 0 radical (unpaired) electrons. The van der Waals surface area contributed by atoms with Crippen molar-refractivity contribution in [1.29, 1.82) is 0 Å². The molecule has 0 saturated carbocycles. The lowest BCUT2D eigenvalue weighted by Gasteiger charge is -2.20. The first-order valence-electron chi connectivity index (χ1n) is 8.48. The maximum atomic E-state index is 12.9. The van der Waals surface area contributed by atoms with Crippen LogP contribution in [0.2, 0.25) is 0 Å². The van der Waals surface area contributed by atoms with Gasteiger partial charge in [0.25, 0.3) is 0 Å². The van der Waals surface area contributed by atoms with Gasteiger partial charge in [-0.25, -0.2) is 4.79 Å². The summed E-state index contributed by atoms with van der Waals surface area (Å²) in [6.07, 6.45) is 0.545. The van der Waals surface area contributed by atoms with E-state index in [1.54, 1.807) is 26.0 Å². The average Bonchev–Trinajstić information content (AvgIpc) is 3.29. The van der Waals surface area contributed by atoms with Crippen LogP contribution in [0.4, 0.5) is 0 Å². The summed E-state index contributed by atoms with van der Waals surface area (Å²) < 4.78 is 16.2. The maximum Gasteiger partial charge on any atom is 0.338 e. The second-order valence-electron chi connectivity index (χ2n) is 5.99. The summed E-state index contributed by atoms with van der Waals surface area (Å²) in [5, 5.41) is 0. The predicted molar refractivity (Wildman–Crippen MR) is 94.3 cm³/mol. The number of benzene rings is 1. The summed E-state index contributed by atoms with van der Waals surface area (Å²) in [5.41, 5.74) is 7.76. The molecule has 1 aromatic heterocycles. The van der Waals surface area contributed by atoms with Gasteiger partial charge in [-0.3, -0.25) is 4.79 Å². The number of hydrogen-bond acceptors (Lipinski definition) is 6. The average molecular weight is 355 g/mol. The summed E-state index contributed by atoms with van der Waals surface area (Å²) >= 11 is 0. The van der Waals surface area contributed by atoms with E-state index >= 15 is 0 Å². The van der Waals surface area contributed by atoms with Crippen molar-refractivity contribution in [2.24, 2.45) is 5.73 Å². The second-order valence-corrected chi connectivity index (χ2v) is 5.99. The quantitative estimate of drug-likeness (QED) is 0.633. The standard InChI is InChI=1S/C20H21NO5/c1-3-24-20(23)16-12(2)26-19(18(22)15-5-4-10-25-15)17(16)14-8-6-13(11-21)7-9-14/h4-10,17,19H,3,11,21H2,1-2H3/t17-,19-/m1/s1. The highest BCUT2D eigenvalue weighted by Crippen LogP contribution is 2.41. The van der Waals surface area contributed by atoms with Crippen molar-refractivity contribution in [1.82, 2.24) is 0 Å². The lowest BCUT2D eigenvalue weighted by molar-refractivity contribution is -0.138. The molecule has 0 spiro atoms. The van der Waals surface area contributed by atoms with Crippen molar-refractivity contribution in [3.63, 3.8) is 0 Å². The highest BCUT2D eigenvalue weighted by molar-refractivity contribution is 6.01. The molecule has 2 aromatic rings. The lowest BCUT2D eigenvalue weighted by Crippen LogP contribution is -2.29. The van der Waals surface area contributed by atoms with Crippen molar-refractivity contribution in [3.8, 4) is 0 Å². The SMILES string of the molecule is CCOC(=O)C1=C(C)O[C@@H](C(=O)c2ccco2)[C@@H]1c1ccc(CN)cc1. The van der Waals surface area contributed by atoms with Crippen LogP contribution in [0.15, 0.2) is 58.4 Å². The smallest absolute Gasteiger partial charge is 0.338 e. The van der Waals surface area contributed by atoms with Crippen molar-refractivity contribution in [2.45, 2.75) is 32.4 Å². The van der Waals surface area contributed by atoms with Crippen molar-refractivity contribution in [2.75, 3.05) is 6.61 Å². The number of ether oxygens (including phenoxy) is 2. The molecule has 2 atom stereocenters. The number of Topliss-reactive ketones (excluding diaryl/α,β-unsaturated/α-hetero) is 1. The number of nitrogens with two attached hydrogens (primary N) is 1. The Kier molecular flexibility index (Phi) is 5.23. The zero-order valence-electron chi connectivity index (χ0n) is 14.7. The van der Waals surface area contributed by atoms with Gasteiger partial charge < -0.3 is 19.6 Å². The van der Waals surface area contributed by atoms with Crippen molar-refractivity contribution in [3.05, 3.63) is 70.9 Å². The predicted octanol–water partition coefficient (Wildman–Crippen LogP) is 2.94. The molecular formula is C20H21NO5. The van der Waals surface area contributed by atoms with Gasteiger partial charge in [0, 0.05) is 6.54 Å². The molecule has 0 fully saturated rings. The van der Waals surface area contributed by atoms with Crippen LogP contribution in [-0.2, 0) is 20.8 Å². The number of esters is 1. The minimum atomic E-state index is -0.885. The molecule has 2 N–H and O–H groups in total. The molecule has 136 valence electrons. The van der Waals surface area contributed by atoms with Gasteiger partial charge in [0.2, 0.25) is 5.78 Å². The van der Waals surface area contributed by atoms with Crippen LogP contribution in [0.25, 0.3) is 0 Å². The molecule has 0 saturated heterocycles. The molecule has 0 amide bonds. The molecule has 1 aliphatic rings. The zero-order valence-corrected chi connectivity index (χ0v) is 14.7. The number of allylic oxidation sites excluding steroid dienone is 1. The third kappa shape index (κ3) is 3.28. The molecule has 26 heavy (non-hydrogen) atoms. The fourth-order valence-electron chi connectivity index (χ4n) is 3.14. The van der Waals surface area contributed by atoms with E-state index in [1.807, 2.05) is 24.3 Å². The minimum absolute atomic E-state index is 0.191. The van der Waals surface area contributed by atoms with Gasteiger partial charge in [-0.1, -0.05) is 24.3 Å². The zero-order chi connectivity index (χ0) is 18.7. The largest absolute Gasteiger partial charge is 0.485 e. The highest BCUT2D eigenvalue weighted by atomic mass is 16.5. The highest BCUT2D eigenvalue weighted by Gasteiger charge is 2.45. The van der Waals surface area contributed by atoms with Gasteiger partial charge in [-0.05, 0) is 37.1 Å². The number of carbonyl (C=O) groups is 2. The lowest BCUT2D eigenvalue weighted by atomic mass is 9.85. The van der Waals surface area contributed by atoms with E-state index in [0.717, 1.165) is 11.1 Å². The molecular weight excluding hydrogens is 334 g/mol. The molecule has 1 aromatic carbocycles. The molecule has 0 bridgehead atoms. The summed E-state index contributed by atoms with van der Waals surface area (Å²) in [4.78, 5) is 25.4. The summed E-state index contributed by atoms with van der Waals surface area (Å²) in [6, 6.07) is 10.7. The number of ketones is 1. The molecule has 1 aliphatic heterocycles. The first-order chi connectivity index (χ1) is 12.6. The van der Waals surface area contributed by atoms with Gasteiger partial charge in [0.05, 0.1) is 24.4 Å². The Morgan fingerprint density at radius 3 is 2.50 bits per heavy atom. The Balaban J connectivity index is 2.02. The third-order valence-electron chi connectivity index (χ3n) is 4.39. The van der Waals surface area contributed by atoms with Gasteiger partial charge in [0.15, 0.2) is 11.9 Å². The number of furan rings is 1. The third-order valence-corrected chi connectivity index (χ3v) is 4.39. The summed E-state index contributed by atoms with van der Waals surface area (Å²) in [5.74, 6) is -0.787. The monoisotopic (exact) mass is 355 g/mol. The van der Waals surface area contributed by atoms with Crippen molar-refractivity contribution >= 4 is 11.8 Å². The van der Waals surface area contributed by atoms with Crippen LogP contribution in [-0.4, -0.2) is 24.5 Å². The Morgan fingerprint density at radius 1 is 1.19 bits per heavy atom. The second kappa shape index (κ2) is 7.58. The Hall–Kier alpha value is -2.86. The molecule has 6 nitrogen and oxygen atoms in total. The summed E-state index contributed by atoms with van der Waals surface area (Å²) in [7, 11) is 0. The molecule has 2 heterocycles. The normalized spacial score (nSPS) is 19.3. The van der Waals surface area contributed by atoms with Crippen LogP contribution in [0.5, 0.6) is 0 Å². The number of carbonyl (C=O) groups excluding carboxylic acids is 2. The van der Waals surface area contributed by atoms with Crippen molar-refractivity contribution < 1.29 is 23.5 Å². The fraction of sp³-hybridized carbons (Fsp3) is 0.300. The van der Waals surface area contributed by atoms with Gasteiger partial charge in [-0.2, -0.15) is 0 Å². The van der Waals surface area contributed by atoms with Crippen LogP contribution in [0, 0.1) is 0 Å². The Morgan fingerprint density at radius 2 is 1.92 bits per heavy atom. The van der Waals surface area contributed by atoms with Crippen LogP contribution < -0.4 is 5.73 Å². The molecule has 3 rings (SSSR count). The van der Waals surface area contributed by atoms with E-state index in [2.05, 4.69) is 0 Å².